The number of hydrogen-bond donors (Lipinski definition) is 3. The Morgan fingerprint density at radius 1 is 1.28 bits per heavy atom. The zero-order chi connectivity index (χ0) is 13.7. The van der Waals surface area contributed by atoms with Gasteiger partial charge in [-0.15, -0.1) is 0 Å². The van der Waals surface area contributed by atoms with Gasteiger partial charge in [-0.05, 0) is 37.1 Å². The third kappa shape index (κ3) is 3.45. The molecule has 1 aromatic carbocycles. The van der Waals surface area contributed by atoms with Gasteiger partial charge in [-0.2, -0.15) is 0 Å². The molecule has 0 saturated carbocycles. The maximum atomic E-state index is 11.1. The standard InChI is InChI=1S/C13H19NO4/c1-8-3-11(13(14)17)4-9(2)12(8)18-7-10(5-15)6-16/h3-4,10,15-16H,5-7H2,1-2H3,(H2,14,17). The van der Waals surface area contributed by atoms with Gasteiger partial charge in [-0.1, -0.05) is 0 Å². The quantitative estimate of drug-likeness (QED) is 0.683. The number of amides is 1. The van der Waals surface area contributed by atoms with Gasteiger partial charge in [0.1, 0.15) is 5.75 Å². The zero-order valence-electron chi connectivity index (χ0n) is 10.6. The lowest BCUT2D eigenvalue weighted by molar-refractivity contribution is 0.1000. The van der Waals surface area contributed by atoms with Crippen LogP contribution < -0.4 is 10.5 Å². The minimum Gasteiger partial charge on any atom is -0.493 e. The molecule has 0 unspecified atom stereocenters. The van der Waals surface area contributed by atoms with Crippen molar-refractivity contribution in [1.29, 1.82) is 0 Å². The maximum Gasteiger partial charge on any atom is 0.248 e. The average Bonchev–Trinajstić information content (AvgIpc) is 2.32. The fourth-order valence-electron chi connectivity index (χ4n) is 1.68. The molecular formula is C13H19NO4. The lowest BCUT2D eigenvalue weighted by Crippen LogP contribution is -2.20. The summed E-state index contributed by atoms with van der Waals surface area (Å²) in [5.41, 5.74) is 7.27. The van der Waals surface area contributed by atoms with Crippen LogP contribution in [0.3, 0.4) is 0 Å². The van der Waals surface area contributed by atoms with Crippen molar-refractivity contribution in [3.05, 3.63) is 28.8 Å². The molecule has 0 atom stereocenters. The Morgan fingerprint density at radius 3 is 2.17 bits per heavy atom. The van der Waals surface area contributed by atoms with Crippen LogP contribution in [-0.2, 0) is 0 Å². The van der Waals surface area contributed by atoms with Crippen LogP contribution in [0.15, 0.2) is 12.1 Å². The van der Waals surface area contributed by atoms with Crippen molar-refractivity contribution in [2.75, 3.05) is 19.8 Å². The van der Waals surface area contributed by atoms with E-state index in [1.165, 1.54) is 0 Å². The molecule has 0 aliphatic rings. The van der Waals surface area contributed by atoms with E-state index >= 15 is 0 Å². The van der Waals surface area contributed by atoms with Crippen LogP contribution in [0.5, 0.6) is 5.75 Å². The summed E-state index contributed by atoms with van der Waals surface area (Å²) in [7, 11) is 0. The van der Waals surface area contributed by atoms with Crippen molar-refractivity contribution in [3.8, 4) is 5.75 Å². The van der Waals surface area contributed by atoms with Crippen LogP contribution in [-0.4, -0.2) is 35.9 Å². The highest BCUT2D eigenvalue weighted by atomic mass is 16.5. The summed E-state index contributed by atoms with van der Waals surface area (Å²) in [5.74, 6) is -0.122. The fourth-order valence-corrected chi connectivity index (χ4v) is 1.68. The predicted octanol–water partition coefficient (Wildman–Crippen LogP) is 0.382. The van der Waals surface area contributed by atoms with Gasteiger partial charge in [0, 0.05) is 11.5 Å². The van der Waals surface area contributed by atoms with Crippen LogP contribution in [0, 0.1) is 19.8 Å². The third-order valence-electron chi connectivity index (χ3n) is 2.72. The Kier molecular flexibility index (Phi) is 5.12. The van der Waals surface area contributed by atoms with Crippen molar-refractivity contribution in [2.24, 2.45) is 11.7 Å². The number of ether oxygens (including phenoxy) is 1. The second-order valence-corrected chi connectivity index (χ2v) is 4.35. The average molecular weight is 253 g/mol. The minimum atomic E-state index is -0.476. The van der Waals surface area contributed by atoms with E-state index < -0.39 is 5.91 Å². The summed E-state index contributed by atoms with van der Waals surface area (Å²) in [5, 5.41) is 17.9. The summed E-state index contributed by atoms with van der Waals surface area (Å²) in [6.07, 6.45) is 0. The van der Waals surface area contributed by atoms with Gasteiger partial charge in [-0.25, -0.2) is 0 Å². The second-order valence-electron chi connectivity index (χ2n) is 4.35. The van der Waals surface area contributed by atoms with Crippen LogP contribution in [0.4, 0.5) is 0 Å². The van der Waals surface area contributed by atoms with Gasteiger partial charge in [0.05, 0.1) is 19.8 Å². The highest BCUT2D eigenvalue weighted by molar-refractivity contribution is 5.93. The number of aryl methyl sites for hydroxylation is 2. The van der Waals surface area contributed by atoms with Crippen molar-refractivity contribution >= 4 is 5.91 Å². The second kappa shape index (κ2) is 6.37. The molecule has 1 aromatic rings. The van der Waals surface area contributed by atoms with E-state index in [0.717, 1.165) is 11.1 Å². The molecular weight excluding hydrogens is 234 g/mol. The number of nitrogens with two attached hydrogens (primary N) is 1. The summed E-state index contributed by atoms with van der Waals surface area (Å²) in [6.45, 7) is 3.61. The molecule has 1 rings (SSSR count). The first-order valence-electron chi connectivity index (χ1n) is 5.75. The van der Waals surface area contributed by atoms with Gasteiger partial charge >= 0.3 is 0 Å². The molecule has 0 spiro atoms. The molecule has 5 nitrogen and oxygen atoms in total. The SMILES string of the molecule is Cc1cc(C(N)=O)cc(C)c1OCC(CO)CO. The molecule has 0 bridgehead atoms. The number of primary amides is 1. The molecule has 18 heavy (non-hydrogen) atoms. The third-order valence-corrected chi connectivity index (χ3v) is 2.72. The number of benzene rings is 1. The van der Waals surface area contributed by atoms with E-state index in [1.807, 2.05) is 13.8 Å². The van der Waals surface area contributed by atoms with Gasteiger partial charge < -0.3 is 20.7 Å². The number of hydrogen-bond acceptors (Lipinski definition) is 4. The Bertz CT molecular complexity index is 404. The molecule has 0 radical (unpaired) electrons. The first kappa shape index (κ1) is 14.5. The molecule has 0 aromatic heterocycles. The smallest absolute Gasteiger partial charge is 0.248 e. The van der Waals surface area contributed by atoms with Crippen LogP contribution in [0.2, 0.25) is 0 Å². The van der Waals surface area contributed by atoms with E-state index in [0.29, 0.717) is 11.3 Å². The first-order valence-corrected chi connectivity index (χ1v) is 5.75. The maximum absolute atomic E-state index is 11.1. The molecule has 0 fully saturated rings. The largest absolute Gasteiger partial charge is 0.493 e. The normalized spacial score (nSPS) is 10.7. The predicted molar refractivity (Wildman–Crippen MR) is 67.6 cm³/mol. The Morgan fingerprint density at radius 2 is 1.78 bits per heavy atom. The van der Waals surface area contributed by atoms with Crippen molar-refractivity contribution in [1.82, 2.24) is 0 Å². The summed E-state index contributed by atoms with van der Waals surface area (Å²) in [6, 6.07) is 3.33. The van der Waals surface area contributed by atoms with E-state index in [9.17, 15) is 4.79 Å². The van der Waals surface area contributed by atoms with Crippen LogP contribution in [0.25, 0.3) is 0 Å². The molecule has 5 heteroatoms. The minimum absolute atomic E-state index is 0.131. The van der Waals surface area contributed by atoms with E-state index in [2.05, 4.69) is 0 Å². The monoisotopic (exact) mass is 253 g/mol. The molecule has 0 heterocycles. The van der Waals surface area contributed by atoms with Crippen molar-refractivity contribution < 1.29 is 19.7 Å². The highest BCUT2D eigenvalue weighted by Gasteiger charge is 2.12. The zero-order valence-corrected chi connectivity index (χ0v) is 10.6. The van der Waals surface area contributed by atoms with Crippen LogP contribution in [0.1, 0.15) is 21.5 Å². The molecule has 0 aliphatic carbocycles. The number of carbonyl (C=O) groups is 1. The lowest BCUT2D eigenvalue weighted by atomic mass is 10.1. The van der Waals surface area contributed by atoms with Crippen LogP contribution >= 0.6 is 0 Å². The van der Waals surface area contributed by atoms with Crippen molar-refractivity contribution in [2.45, 2.75) is 13.8 Å². The van der Waals surface area contributed by atoms with Gasteiger partial charge in [0.2, 0.25) is 5.91 Å². The lowest BCUT2D eigenvalue weighted by Gasteiger charge is -2.16. The summed E-state index contributed by atoms with van der Waals surface area (Å²) in [4.78, 5) is 11.1. The van der Waals surface area contributed by atoms with E-state index in [4.69, 9.17) is 20.7 Å². The number of carbonyl (C=O) groups excluding carboxylic acids is 1. The van der Waals surface area contributed by atoms with E-state index in [1.54, 1.807) is 12.1 Å². The Labute approximate surface area is 106 Å². The summed E-state index contributed by atoms with van der Waals surface area (Å²) >= 11 is 0. The Balaban J connectivity index is 2.87. The fraction of sp³-hybridized carbons (Fsp3) is 0.462. The molecule has 4 N–H and O–H groups in total. The number of aliphatic hydroxyl groups is 2. The number of rotatable bonds is 6. The first-order chi connectivity index (χ1) is 8.49. The van der Waals surface area contributed by atoms with Crippen molar-refractivity contribution in [3.63, 3.8) is 0 Å². The molecule has 0 saturated heterocycles. The van der Waals surface area contributed by atoms with E-state index in [-0.39, 0.29) is 25.7 Å². The molecule has 0 aliphatic heterocycles. The van der Waals surface area contributed by atoms with Gasteiger partial charge in [-0.3, -0.25) is 4.79 Å². The highest BCUT2D eigenvalue weighted by Crippen LogP contribution is 2.25. The summed E-state index contributed by atoms with van der Waals surface area (Å²) < 4.78 is 5.57. The Hall–Kier alpha value is -1.59. The topological polar surface area (TPSA) is 92.8 Å². The van der Waals surface area contributed by atoms with Gasteiger partial charge in [0.15, 0.2) is 0 Å². The van der Waals surface area contributed by atoms with Gasteiger partial charge in [0.25, 0.3) is 0 Å². The number of aliphatic hydroxyl groups excluding tert-OH is 2. The molecule has 100 valence electrons. The molecule has 1 amide bonds.